The average molecular weight is 321 g/mol. The minimum absolute atomic E-state index is 0.539. The molecule has 1 aromatic rings. The predicted octanol–water partition coefficient (Wildman–Crippen LogP) is 3.76. The van der Waals surface area contributed by atoms with Crippen LogP contribution in [0.25, 0.3) is 0 Å². The summed E-state index contributed by atoms with van der Waals surface area (Å²) in [6, 6.07) is 4.92. The maximum absolute atomic E-state index is 5.51. The number of methoxy groups -OCH3 is 2. The molecule has 0 aliphatic carbocycles. The molecule has 0 bridgehead atoms. The number of rotatable bonds is 4. The fourth-order valence-corrected chi connectivity index (χ4v) is 5.37. The van der Waals surface area contributed by atoms with Gasteiger partial charge in [0.25, 0.3) is 0 Å². The first kappa shape index (κ1) is 16.0. The van der Waals surface area contributed by atoms with E-state index >= 15 is 0 Å². The molecule has 1 fully saturated rings. The molecular formula is C18H27NO2S. The van der Waals surface area contributed by atoms with Crippen LogP contribution >= 0.6 is 11.8 Å². The van der Waals surface area contributed by atoms with Crippen molar-refractivity contribution in [1.29, 1.82) is 0 Å². The van der Waals surface area contributed by atoms with Gasteiger partial charge in [0, 0.05) is 30.1 Å². The van der Waals surface area contributed by atoms with Crippen LogP contribution < -0.4 is 9.47 Å². The third-order valence-corrected chi connectivity index (χ3v) is 6.10. The van der Waals surface area contributed by atoms with Gasteiger partial charge in [0.2, 0.25) is 0 Å². The molecule has 2 aliphatic rings. The molecule has 0 saturated carbocycles. The van der Waals surface area contributed by atoms with Crippen molar-refractivity contribution in [2.45, 2.75) is 38.0 Å². The van der Waals surface area contributed by atoms with E-state index < -0.39 is 0 Å². The zero-order valence-electron chi connectivity index (χ0n) is 14.1. The molecule has 2 aliphatic heterocycles. The third-order valence-electron chi connectivity index (χ3n) is 4.78. The van der Waals surface area contributed by atoms with Gasteiger partial charge in [0.1, 0.15) is 0 Å². The van der Waals surface area contributed by atoms with Gasteiger partial charge in [0.15, 0.2) is 11.5 Å². The second-order valence-corrected chi connectivity index (χ2v) is 8.08. The Morgan fingerprint density at radius 1 is 1.23 bits per heavy atom. The molecule has 0 spiro atoms. The number of ether oxygens (including phenoxy) is 2. The highest BCUT2D eigenvalue weighted by Crippen LogP contribution is 2.42. The Balaban J connectivity index is 1.82. The Labute approximate surface area is 138 Å². The van der Waals surface area contributed by atoms with E-state index in [0.29, 0.717) is 6.04 Å². The summed E-state index contributed by atoms with van der Waals surface area (Å²) in [4.78, 5) is 2.68. The molecule has 0 N–H and O–H groups in total. The molecular weight excluding hydrogens is 294 g/mol. The lowest BCUT2D eigenvalue weighted by Crippen LogP contribution is -2.44. The molecule has 1 saturated heterocycles. The lowest BCUT2D eigenvalue weighted by atomic mass is 9.92. The van der Waals surface area contributed by atoms with Crippen molar-refractivity contribution in [1.82, 2.24) is 4.90 Å². The van der Waals surface area contributed by atoms with Crippen molar-refractivity contribution >= 4 is 11.8 Å². The van der Waals surface area contributed by atoms with Gasteiger partial charge < -0.3 is 9.47 Å². The molecule has 3 rings (SSSR count). The standard InChI is InChI=1S/C18H27NO2S/c1-12(2)7-14-10-19-6-5-13-8-17(20-3)18(21-4)9-15(13)16(19)11-22-14/h8-9,12,14,16H,5-7,10-11H2,1-4H3. The zero-order chi connectivity index (χ0) is 15.7. The Morgan fingerprint density at radius 2 is 1.95 bits per heavy atom. The summed E-state index contributed by atoms with van der Waals surface area (Å²) in [5.74, 6) is 3.70. The summed E-state index contributed by atoms with van der Waals surface area (Å²) < 4.78 is 11.0. The van der Waals surface area contributed by atoms with Gasteiger partial charge in [0.05, 0.1) is 14.2 Å². The molecule has 1 aromatic carbocycles. The van der Waals surface area contributed by atoms with Crippen LogP contribution in [0.2, 0.25) is 0 Å². The van der Waals surface area contributed by atoms with Crippen molar-refractivity contribution in [2.24, 2.45) is 5.92 Å². The lowest BCUT2D eigenvalue weighted by molar-refractivity contribution is 0.189. The second-order valence-electron chi connectivity index (χ2n) is 6.75. The van der Waals surface area contributed by atoms with Gasteiger partial charge in [-0.25, -0.2) is 0 Å². The van der Waals surface area contributed by atoms with Crippen LogP contribution in [0.5, 0.6) is 11.5 Å². The fourth-order valence-electron chi connectivity index (χ4n) is 3.70. The van der Waals surface area contributed by atoms with Gasteiger partial charge in [-0.2, -0.15) is 11.8 Å². The molecule has 22 heavy (non-hydrogen) atoms. The Hall–Kier alpha value is -0.870. The normalized spacial score (nSPS) is 24.8. The lowest BCUT2D eigenvalue weighted by Gasteiger charge is -2.43. The van der Waals surface area contributed by atoms with Crippen LogP contribution in [0.1, 0.15) is 37.4 Å². The van der Waals surface area contributed by atoms with Crippen LogP contribution in [0.15, 0.2) is 12.1 Å². The van der Waals surface area contributed by atoms with E-state index in [-0.39, 0.29) is 0 Å². The molecule has 3 nitrogen and oxygen atoms in total. The Kier molecular flexibility index (Phi) is 4.88. The van der Waals surface area contributed by atoms with Crippen molar-refractivity contribution < 1.29 is 9.47 Å². The molecule has 2 atom stereocenters. The summed E-state index contributed by atoms with van der Waals surface area (Å²) >= 11 is 2.15. The highest BCUT2D eigenvalue weighted by Gasteiger charge is 2.34. The fraction of sp³-hybridized carbons (Fsp3) is 0.667. The minimum atomic E-state index is 0.539. The monoisotopic (exact) mass is 321 g/mol. The largest absolute Gasteiger partial charge is 0.493 e. The summed E-state index contributed by atoms with van der Waals surface area (Å²) in [6.45, 7) is 7.05. The zero-order valence-corrected chi connectivity index (χ0v) is 14.9. The number of benzene rings is 1. The number of hydrogen-bond acceptors (Lipinski definition) is 4. The van der Waals surface area contributed by atoms with Gasteiger partial charge in [-0.15, -0.1) is 0 Å². The Morgan fingerprint density at radius 3 is 2.64 bits per heavy atom. The first-order chi connectivity index (χ1) is 10.6. The van der Waals surface area contributed by atoms with Gasteiger partial charge in [-0.1, -0.05) is 13.8 Å². The summed E-state index contributed by atoms with van der Waals surface area (Å²) in [7, 11) is 3.44. The number of nitrogens with zero attached hydrogens (tertiary/aromatic N) is 1. The maximum atomic E-state index is 5.51. The molecule has 4 heteroatoms. The Bertz CT molecular complexity index is 532. The third kappa shape index (κ3) is 3.09. The average Bonchev–Trinajstić information content (AvgIpc) is 2.52. The van der Waals surface area contributed by atoms with E-state index in [2.05, 4.69) is 42.6 Å². The number of hydrogen-bond donors (Lipinski definition) is 0. The quantitative estimate of drug-likeness (QED) is 0.841. The molecule has 0 aromatic heterocycles. The van der Waals surface area contributed by atoms with Crippen LogP contribution in [0, 0.1) is 5.92 Å². The first-order valence-electron chi connectivity index (χ1n) is 8.22. The van der Waals surface area contributed by atoms with E-state index in [9.17, 15) is 0 Å². The second kappa shape index (κ2) is 6.71. The highest BCUT2D eigenvalue weighted by atomic mass is 32.2. The van der Waals surface area contributed by atoms with Crippen LogP contribution in [-0.2, 0) is 6.42 Å². The van der Waals surface area contributed by atoms with E-state index in [1.165, 1.54) is 36.4 Å². The van der Waals surface area contributed by atoms with Crippen LogP contribution in [0.3, 0.4) is 0 Å². The van der Waals surface area contributed by atoms with Crippen LogP contribution in [0.4, 0.5) is 0 Å². The van der Waals surface area contributed by atoms with Crippen molar-refractivity contribution in [3.05, 3.63) is 23.3 Å². The maximum Gasteiger partial charge on any atom is 0.161 e. The van der Waals surface area contributed by atoms with Gasteiger partial charge in [-0.05, 0) is 42.0 Å². The summed E-state index contributed by atoms with van der Waals surface area (Å²) in [5.41, 5.74) is 2.88. The predicted molar refractivity (Wildman–Crippen MR) is 93.3 cm³/mol. The van der Waals surface area contributed by atoms with Crippen molar-refractivity contribution in [3.8, 4) is 11.5 Å². The van der Waals surface area contributed by atoms with E-state index in [1.54, 1.807) is 14.2 Å². The number of fused-ring (bicyclic) bond motifs is 3. The van der Waals surface area contributed by atoms with E-state index in [4.69, 9.17) is 9.47 Å². The topological polar surface area (TPSA) is 21.7 Å². The van der Waals surface area contributed by atoms with Crippen molar-refractivity contribution in [2.75, 3.05) is 33.1 Å². The molecule has 122 valence electrons. The summed E-state index contributed by atoms with van der Waals surface area (Å²) in [5, 5.41) is 0.790. The van der Waals surface area contributed by atoms with E-state index in [1.807, 2.05) is 0 Å². The minimum Gasteiger partial charge on any atom is -0.493 e. The van der Waals surface area contributed by atoms with Gasteiger partial charge in [-0.3, -0.25) is 4.90 Å². The molecule has 0 radical (unpaired) electrons. The highest BCUT2D eigenvalue weighted by molar-refractivity contribution is 8.00. The number of thioether (sulfide) groups is 1. The SMILES string of the molecule is COc1cc2c(cc1OC)C1CSC(CC(C)C)CN1CC2. The van der Waals surface area contributed by atoms with Gasteiger partial charge >= 0.3 is 0 Å². The first-order valence-corrected chi connectivity index (χ1v) is 9.27. The summed E-state index contributed by atoms with van der Waals surface area (Å²) in [6.07, 6.45) is 2.44. The van der Waals surface area contributed by atoms with Crippen molar-refractivity contribution in [3.63, 3.8) is 0 Å². The smallest absolute Gasteiger partial charge is 0.161 e. The van der Waals surface area contributed by atoms with Crippen LogP contribution in [-0.4, -0.2) is 43.2 Å². The molecule has 0 amide bonds. The molecule has 2 unspecified atom stereocenters. The molecule has 2 heterocycles. The van der Waals surface area contributed by atoms with E-state index in [0.717, 1.165) is 29.1 Å².